The molecule has 5 nitrogen and oxygen atoms in total. The Morgan fingerprint density at radius 1 is 1.19 bits per heavy atom. The van der Waals surface area contributed by atoms with Crippen LogP contribution in [0.15, 0.2) is 52.2 Å². The molecule has 1 fully saturated rings. The smallest absolute Gasteiger partial charge is 0.192 e. The Morgan fingerprint density at radius 2 is 2.04 bits per heavy atom. The number of nitrogens with zero attached hydrogens (tertiary/aromatic N) is 3. The molecule has 1 unspecified atom stereocenters. The van der Waals surface area contributed by atoms with Gasteiger partial charge in [-0.3, -0.25) is 9.36 Å². The number of hydrogen-bond acceptors (Lipinski definition) is 5. The predicted octanol–water partition coefficient (Wildman–Crippen LogP) is 4.84. The summed E-state index contributed by atoms with van der Waals surface area (Å²) in [5.74, 6) is 1.86. The zero-order chi connectivity index (χ0) is 17.9. The van der Waals surface area contributed by atoms with Crippen molar-refractivity contribution in [2.75, 3.05) is 0 Å². The van der Waals surface area contributed by atoms with Crippen molar-refractivity contribution in [1.29, 1.82) is 0 Å². The highest BCUT2D eigenvalue weighted by atomic mass is 35.5. The van der Waals surface area contributed by atoms with Crippen LogP contribution >= 0.6 is 23.4 Å². The van der Waals surface area contributed by atoms with E-state index in [-0.39, 0.29) is 5.25 Å². The summed E-state index contributed by atoms with van der Waals surface area (Å²) < 4.78 is 7.52. The van der Waals surface area contributed by atoms with Crippen LogP contribution in [-0.4, -0.2) is 25.8 Å². The summed E-state index contributed by atoms with van der Waals surface area (Å²) >= 11 is 7.52. The lowest BCUT2D eigenvalue weighted by Crippen LogP contribution is -2.22. The maximum atomic E-state index is 12.2. The second-order valence-electron chi connectivity index (χ2n) is 6.30. The molecule has 0 N–H and O–H groups in total. The molecule has 1 aromatic carbocycles. The maximum absolute atomic E-state index is 12.2. The highest BCUT2D eigenvalue weighted by molar-refractivity contribution is 8.00. The van der Waals surface area contributed by atoms with Gasteiger partial charge in [-0.15, -0.1) is 10.2 Å². The van der Waals surface area contributed by atoms with E-state index >= 15 is 0 Å². The van der Waals surface area contributed by atoms with Gasteiger partial charge in [0.1, 0.15) is 11.5 Å². The molecule has 134 valence electrons. The fourth-order valence-electron chi connectivity index (χ4n) is 3.09. The Bertz CT molecular complexity index is 890. The van der Waals surface area contributed by atoms with Gasteiger partial charge in [-0.2, -0.15) is 0 Å². The van der Waals surface area contributed by atoms with Crippen molar-refractivity contribution < 1.29 is 9.21 Å². The average molecular weight is 388 g/mol. The molecule has 2 heterocycles. The first-order valence-electron chi connectivity index (χ1n) is 8.61. The lowest BCUT2D eigenvalue weighted by Gasteiger charge is -2.19. The molecule has 0 bridgehead atoms. The Hall–Kier alpha value is -2.05. The monoisotopic (exact) mass is 387 g/mol. The van der Waals surface area contributed by atoms with Crippen LogP contribution in [0.25, 0.3) is 11.4 Å². The quantitative estimate of drug-likeness (QED) is 0.626. The van der Waals surface area contributed by atoms with Crippen LogP contribution in [0.4, 0.5) is 0 Å². The van der Waals surface area contributed by atoms with E-state index in [0.29, 0.717) is 23.8 Å². The summed E-state index contributed by atoms with van der Waals surface area (Å²) in [5, 5.41) is 10.1. The molecule has 1 saturated carbocycles. The van der Waals surface area contributed by atoms with E-state index < -0.39 is 0 Å². The Balaban J connectivity index is 1.68. The largest absolute Gasteiger partial charge is 0.467 e. The number of furan rings is 1. The van der Waals surface area contributed by atoms with Crippen LogP contribution in [0.3, 0.4) is 0 Å². The van der Waals surface area contributed by atoms with Crippen LogP contribution in [0, 0.1) is 0 Å². The summed E-state index contributed by atoms with van der Waals surface area (Å²) in [4.78, 5) is 12.2. The molecule has 1 aliphatic rings. The minimum Gasteiger partial charge on any atom is -0.467 e. The minimum atomic E-state index is -0.0404. The van der Waals surface area contributed by atoms with Crippen LogP contribution < -0.4 is 0 Å². The van der Waals surface area contributed by atoms with Crippen molar-refractivity contribution >= 4 is 29.1 Å². The third-order valence-electron chi connectivity index (χ3n) is 4.46. The number of rotatable bonds is 5. The number of carbonyl (C=O) groups excluding carboxylic acids is 1. The SMILES string of the molecule is O=C1CCCCC1Sc1nnc(-c2ccc(Cl)cc2)n1Cc1ccco1. The molecular formula is C19H18ClN3O2S. The Labute approximate surface area is 160 Å². The molecule has 2 aromatic heterocycles. The summed E-state index contributed by atoms with van der Waals surface area (Å²) in [6, 6.07) is 11.3. The second kappa shape index (κ2) is 7.68. The maximum Gasteiger partial charge on any atom is 0.192 e. The summed E-state index contributed by atoms with van der Waals surface area (Å²) in [5.41, 5.74) is 0.926. The Kier molecular flexibility index (Phi) is 5.13. The average Bonchev–Trinajstić information content (AvgIpc) is 3.29. The van der Waals surface area contributed by atoms with Gasteiger partial charge >= 0.3 is 0 Å². The molecule has 0 aliphatic heterocycles. The number of benzene rings is 1. The molecule has 3 aromatic rings. The first-order valence-corrected chi connectivity index (χ1v) is 9.87. The third-order valence-corrected chi connectivity index (χ3v) is 6.01. The van der Waals surface area contributed by atoms with E-state index in [4.69, 9.17) is 16.0 Å². The normalized spacial score (nSPS) is 17.6. The van der Waals surface area contributed by atoms with Gasteiger partial charge in [0.2, 0.25) is 0 Å². The van der Waals surface area contributed by atoms with Crippen molar-refractivity contribution in [2.24, 2.45) is 0 Å². The number of halogens is 1. The van der Waals surface area contributed by atoms with Crippen molar-refractivity contribution in [1.82, 2.24) is 14.8 Å². The van der Waals surface area contributed by atoms with Gasteiger partial charge in [0.05, 0.1) is 18.1 Å². The van der Waals surface area contributed by atoms with Crippen LogP contribution in [0.1, 0.15) is 31.4 Å². The topological polar surface area (TPSA) is 60.9 Å². The zero-order valence-corrected chi connectivity index (χ0v) is 15.7. The van der Waals surface area contributed by atoms with E-state index in [1.54, 1.807) is 6.26 Å². The Morgan fingerprint density at radius 3 is 2.77 bits per heavy atom. The molecule has 1 atom stereocenters. The molecule has 7 heteroatoms. The van der Waals surface area contributed by atoms with Gasteiger partial charge in [0.15, 0.2) is 11.0 Å². The number of Topliss-reactive ketones (excluding diaryl/α,β-unsaturated/α-hetero) is 1. The standard InChI is InChI=1S/C19H18ClN3O2S/c20-14-9-7-13(8-10-14)18-21-22-19(23(18)12-15-4-3-11-25-15)26-17-6-2-1-5-16(17)24/h3-4,7-11,17H,1-2,5-6,12H2. The van der Waals surface area contributed by atoms with Crippen LogP contribution in [0.5, 0.6) is 0 Å². The van der Waals surface area contributed by atoms with Crippen LogP contribution in [-0.2, 0) is 11.3 Å². The first kappa shape index (κ1) is 17.4. The van der Waals surface area contributed by atoms with Crippen molar-refractivity contribution in [3.05, 3.63) is 53.4 Å². The van der Waals surface area contributed by atoms with E-state index in [1.165, 1.54) is 11.8 Å². The number of carbonyl (C=O) groups is 1. The van der Waals surface area contributed by atoms with Gasteiger partial charge in [-0.25, -0.2) is 0 Å². The predicted molar refractivity (Wildman–Crippen MR) is 101 cm³/mol. The van der Waals surface area contributed by atoms with Crippen molar-refractivity contribution in [3.8, 4) is 11.4 Å². The number of ketones is 1. The molecule has 1 aliphatic carbocycles. The van der Waals surface area contributed by atoms with Gasteiger partial charge < -0.3 is 4.42 Å². The number of thioether (sulfide) groups is 1. The summed E-state index contributed by atoms with van der Waals surface area (Å²) in [6.45, 7) is 0.515. The molecule has 26 heavy (non-hydrogen) atoms. The van der Waals surface area contributed by atoms with Crippen LogP contribution in [0.2, 0.25) is 5.02 Å². The number of aromatic nitrogens is 3. The van der Waals surface area contributed by atoms with E-state index in [1.807, 2.05) is 41.0 Å². The van der Waals surface area contributed by atoms with Gasteiger partial charge in [0, 0.05) is 17.0 Å². The van der Waals surface area contributed by atoms with E-state index in [0.717, 1.165) is 41.6 Å². The van der Waals surface area contributed by atoms with Crippen molar-refractivity contribution in [3.63, 3.8) is 0 Å². The van der Waals surface area contributed by atoms with Gasteiger partial charge in [-0.05, 0) is 49.2 Å². The van der Waals surface area contributed by atoms with E-state index in [9.17, 15) is 4.79 Å². The third kappa shape index (κ3) is 3.71. The molecule has 0 amide bonds. The molecular weight excluding hydrogens is 370 g/mol. The second-order valence-corrected chi connectivity index (χ2v) is 7.90. The minimum absolute atomic E-state index is 0.0404. The molecule has 4 rings (SSSR count). The van der Waals surface area contributed by atoms with Gasteiger partial charge in [0.25, 0.3) is 0 Å². The summed E-state index contributed by atoms with van der Waals surface area (Å²) in [6.07, 6.45) is 5.28. The van der Waals surface area contributed by atoms with E-state index in [2.05, 4.69) is 10.2 Å². The summed E-state index contributed by atoms with van der Waals surface area (Å²) in [7, 11) is 0. The highest BCUT2D eigenvalue weighted by Gasteiger charge is 2.26. The van der Waals surface area contributed by atoms with Crippen molar-refractivity contribution in [2.45, 2.75) is 42.6 Å². The lowest BCUT2D eigenvalue weighted by molar-refractivity contribution is -0.119. The lowest BCUT2D eigenvalue weighted by atomic mass is 9.99. The zero-order valence-electron chi connectivity index (χ0n) is 14.1. The molecule has 0 saturated heterocycles. The first-order chi connectivity index (χ1) is 12.7. The molecule has 0 spiro atoms. The number of hydrogen-bond donors (Lipinski definition) is 0. The fraction of sp³-hybridized carbons (Fsp3) is 0.316. The molecule has 0 radical (unpaired) electrons. The van der Waals surface area contributed by atoms with Gasteiger partial charge in [-0.1, -0.05) is 29.8 Å². The fourth-order valence-corrected chi connectivity index (χ4v) is 4.37. The highest BCUT2D eigenvalue weighted by Crippen LogP contribution is 2.33.